The smallest absolute Gasteiger partial charge is 0.321 e. The second-order valence-corrected chi connectivity index (χ2v) is 5.26. The van der Waals surface area contributed by atoms with Gasteiger partial charge in [-0.15, -0.1) is 0 Å². The summed E-state index contributed by atoms with van der Waals surface area (Å²) in [4.78, 5) is 11.4. The number of benzene rings is 1. The van der Waals surface area contributed by atoms with E-state index in [1.807, 2.05) is 0 Å². The molecule has 0 aliphatic carbocycles. The van der Waals surface area contributed by atoms with Crippen LogP contribution in [0.25, 0.3) is 0 Å². The molecule has 0 radical (unpaired) electrons. The first-order valence-electron chi connectivity index (χ1n) is 6.38. The molecule has 0 bridgehead atoms. The zero-order valence-corrected chi connectivity index (χ0v) is 12.0. The Morgan fingerprint density at radius 3 is 1.84 bits per heavy atom. The monoisotopic (exact) mass is 381 g/mol. The summed E-state index contributed by atoms with van der Waals surface area (Å²) in [5.41, 5.74) is 0.148. The number of hydrogen-bond donors (Lipinski definition) is 1. The lowest BCUT2D eigenvalue weighted by Gasteiger charge is -2.31. The number of rotatable bonds is 3. The molecule has 0 aromatic heterocycles. The number of hydrogen-bond acceptors (Lipinski definition) is 2. The molecule has 0 saturated carbocycles. The van der Waals surface area contributed by atoms with Crippen LogP contribution in [-0.2, 0) is 9.53 Å². The highest BCUT2D eigenvalue weighted by Gasteiger charge is 2.96. The lowest BCUT2D eigenvalue weighted by molar-refractivity contribution is -0.366. The molecule has 2 rings (SSSR count). The molecule has 1 saturated heterocycles. The van der Waals surface area contributed by atoms with Gasteiger partial charge >= 0.3 is 35.6 Å². The SMILES string of the molecule is Cc1ccc(NC(=O)C(F)(F)C2(F)OC(F)(F)C(F)(F)C2(F)F)cc1. The van der Waals surface area contributed by atoms with Crippen LogP contribution in [0.3, 0.4) is 0 Å². The molecule has 25 heavy (non-hydrogen) atoms. The van der Waals surface area contributed by atoms with Gasteiger partial charge in [0.25, 0.3) is 0 Å². The molecule has 1 fully saturated rings. The van der Waals surface area contributed by atoms with Crippen LogP contribution in [0.5, 0.6) is 0 Å². The van der Waals surface area contributed by atoms with Crippen LogP contribution in [0.1, 0.15) is 5.56 Å². The number of carbonyl (C=O) groups excluding carboxylic acids is 1. The van der Waals surface area contributed by atoms with Gasteiger partial charge in [0.15, 0.2) is 0 Å². The van der Waals surface area contributed by atoms with Crippen molar-refractivity contribution in [3.63, 3.8) is 0 Å². The number of halogens is 9. The van der Waals surface area contributed by atoms with Crippen LogP contribution in [0.2, 0.25) is 0 Å². The number of nitrogens with one attached hydrogen (secondary N) is 1. The Morgan fingerprint density at radius 2 is 1.44 bits per heavy atom. The van der Waals surface area contributed by atoms with Crippen molar-refractivity contribution < 1.29 is 49.0 Å². The topological polar surface area (TPSA) is 38.3 Å². The third kappa shape index (κ3) is 2.45. The molecule has 12 heteroatoms. The Morgan fingerprint density at radius 1 is 0.960 bits per heavy atom. The van der Waals surface area contributed by atoms with Gasteiger partial charge in [0.05, 0.1) is 0 Å². The highest BCUT2D eigenvalue weighted by molar-refractivity contribution is 5.97. The molecule has 1 aromatic rings. The largest absolute Gasteiger partial charge is 0.428 e. The Bertz CT molecular complexity index is 689. The Hall–Kier alpha value is -1.98. The van der Waals surface area contributed by atoms with Gasteiger partial charge in [-0.3, -0.25) is 9.53 Å². The first-order chi connectivity index (χ1) is 11.1. The normalized spacial score (nSPS) is 27.1. The molecule has 1 aliphatic heterocycles. The van der Waals surface area contributed by atoms with Gasteiger partial charge in [0.2, 0.25) is 0 Å². The minimum atomic E-state index is -6.70. The van der Waals surface area contributed by atoms with Crippen LogP contribution in [0, 0.1) is 6.92 Å². The number of anilines is 1. The predicted molar refractivity (Wildman–Crippen MR) is 64.5 cm³/mol. The third-order valence-corrected chi connectivity index (χ3v) is 3.43. The van der Waals surface area contributed by atoms with Crippen LogP contribution < -0.4 is 5.32 Å². The molecule has 1 atom stereocenters. The first-order valence-corrected chi connectivity index (χ1v) is 6.38. The quantitative estimate of drug-likeness (QED) is 0.800. The number of alkyl halides is 9. The summed E-state index contributed by atoms with van der Waals surface area (Å²) >= 11 is 0. The van der Waals surface area contributed by atoms with E-state index in [0.29, 0.717) is 5.56 Å². The minimum absolute atomic E-state index is 0.446. The van der Waals surface area contributed by atoms with Crippen LogP contribution >= 0.6 is 0 Å². The number of ether oxygens (including phenoxy) is 1. The second kappa shape index (κ2) is 5.26. The summed E-state index contributed by atoms with van der Waals surface area (Å²) in [6.07, 6.45) is -6.27. The van der Waals surface area contributed by atoms with Crippen LogP contribution in [0.4, 0.5) is 45.2 Å². The van der Waals surface area contributed by atoms with E-state index in [1.54, 1.807) is 6.92 Å². The fourth-order valence-electron chi connectivity index (χ4n) is 1.94. The Balaban J connectivity index is 2.40. The van der Waals surface area contributed by atoms with E-state index in [1.165, 1.54) is 17.4 Å². The summed E-state index contributed by atoms with van der Waals surface area (Å²) in [6.45, 7) is 1.56. The summed E-state index contributed by atoms with van der Waals surface area (Å²) in [6, 6.07) is 4.57. The van der Waals surface area contributed by atoms with Crippen molar-refractivity contribution in [3.8, 4) is 0 Å². The standard InChI is InChI=1S/C13H8F9NO2/c1-6-2-4-7(5-3-6)23-8(24)9(14,15)12(20)10(16,17)11(18,19)13(21,22)25-12/h2-5H,1H3,(H,23,24). The van der Waals surface area contributed by atoms with E-state index in [9.17, 15) is 44.3 Å². The Labute approximate surface area is 133 Å². The molecule has 140 valence electrons. The molecule has 0 spiro atoms. The molecule has 1 heterocycles. The summed E-state index contributed by atoms with van der Waals surface area (Å²) in [7, 11) is 0. The van der Waals surface area contributed by atoms with Crippen molar-refractivity contribution >= 4 is 11.6 Å². The van der Waals surface area contributed by atoms with Gasteiger partial charge in [-0.2, -0.15) is 39.5 Å². The maximum Gasteiger partial charge on any atom is 0.428 e. The van der Waals surface area contributed by atoms with E-state index < -0.39 is 41.3 Å². The highest BCUT2D eigenvalue weighted by atomic mass is 19.4. The molecule has 1 amide bonds. The van der Waals surface area contributed by atoms with Gasteiger partial charge < -0.3 is 5.32 Å². The molecule has 3 nitrogen and oxygen atoms in total. The predicted octanol–water partition coefficient (Wildman–Crippen LogP) is 4.13. The molecule has 1 aromatic carbocycles. The van der Waals surface area contributed by atoms with Gasteiger partial charge in [-0.05, 0) is 19.1 Å². The van der Waals surface area contributed by atoms with Crippen molar-refractivity contribution in [3.05, 3.63) is 29.8 Å². The van der Waals surface area contributed by atoms with Crippen LogP contribution in [-0.4, -0.2) is 35.6 Å². The summed E-state index contributed by atoms with van der Waals surface area (Å²) < 4.78 is 122. The van der Waals surface area contributed by atoms with E-state index in [-0.39, 0.29) is 0 Å². The van der Waals surface area contributed by atoms with Crippen molar-refractivity contribution in [2.24, 2.45) is 0 Å². The van der Waals surface area contributed by atoms with Crippen molar-refractivity contribution in [2.45, 2.75) is 36.7 Å². The first kappa shape index (κ1) is 19.3. The molecular formula is C13H8F9NO2. The second-order valence-electron chi connectivity index (χ2n) is 5.26. The average molecular weight is 381 g/mol. The van der Waals surface area contributed by atoms with Gasteiger partial charge in [-0.1, -0.05) is 17.7 Å². The fraction of sp³-hybridized carbons (Fsp3) is 0.462. The summed E-state index contributed by atoms with van der Waals surface area (Å²) in [5, 5.41) is 1.27. The number of aryl methyl sites for hydroxylation is 1. The Kier molecular flexibility index (Phi) is 4.07. The number of amides is 1. The molecule has 1 aliphatic rings. The van der Waals surface area contributed by atoms with E-state index >= 15 is 0 Å². The van der Waals surface area contributed by atoms with Crippen molar-refractivity contribution in [1.29, 1.82) is 0 Å². The van der Waals surface area contributed by atoms with Gasteiger partial charge in [-0.25, -0.2) is 0 Å². The lowest BCUT2D eigenvalue weighted by Crippen LogP contribution is -2.63. The third-order valence-electron chi connectivity index (χ3n) is 3.43. The van der Waals surface area contributed by atoms with Crippen molar-refractivity contribution in [2.75, 3.05) is 5.32 Å². The van der Waals surface area contributed by atoms with Crippen molar-refractivity contribution in [1.82, 2.24) is 0 Å². The maximum atomic E-state index is 13.9. The zero-order valence-electron chi connectivity index (χ0n) is 12.0. The van der Waals surface area contributed by atoms with E-state index in [0.717, 1.165) is 12.1 Å². The summed E-state index contributed by atoms with van der Waals surface area (Å²) in [5.74, 6) is -28.5. The maximum absolute atomic E-state index is 13.9. The minimum Gasteiger partial charge on any atom is -0.321 e. The zero-order chi connectivity index (χ0) is 19.5. The number of carbonyl (C=O) groups is 1. The van der Waals surface area contributed by atoms with E-state index in [4.69, 9.17) is 0 Å². The molecule has 1 unspecified atom stereocenters. The van der Waals surface area contributed by atoms with Crippen LogP contribution in [0.15, 0.2) is 24.3 Å². The molecular weight excluding hydrogens is 373 g/mol. The van der Waals surface area contributed by atoms with E-state index in [2.05, 4.69) is 4.74 Å². The fourth-order valence-corrected chi connectivity index (χ4v) is 1.94. The highest BCUT2D eigenvalue weighted by Crippen LogP contribution is 2.64. The lowest BCUT2D eigenvalue weighted by atomic mass is 9.99. The average Bonchev–Trinajstić information content (AvgIpc) is 2.57. The van der Waals surface area contributed by atoms with Gasteiger partial charge in [0.1, 0.15) is 0 Å². The van der Waals surface area contributed by atoms with Gasteiger partial charge in [0, 0.05) is 5.69 Å². The molecule has 1 N–H and O–H groups in total.